The molecule has 0 radical (unpaired) electrons. The van der Waals surface area contributed by atoms with Gasteiger partial charge in [-0.1, -0.05) is 24.3 Å². The number of likely N-dealkylation sites (tertiary alicyclic amines) is 1. The molecule has 1 saturated heterocycles. The number of fused-ring (bicyclic) bond motifs is 1. The van der Waals surface area contributed by atoms with Crippen molar-refractivity contribution in [1.82, 2.24) is 19.7 Å². The smallest absolute Gasteiger partial charge is 0.226 e. The maximum atomic E-state index is 12.6. The average Bonchev–Trinajstić information content (AvgIpc) is 3.20. The van der Waals surface area contributed by atoms with Gasteiger partial charge < -0.3 is 9.47 Å². The fraction of sp³-hybridized carbons (Fsp3) is 0.526. The number of piperidine rings is 1. The topological polar surface area (TPSA) is 51.0 Å². The monoisotopic (exact) mass is 324 g/mol. The number of rotatable bonds is 3. The zero-order valence-corrected chi connectivity index (χ0v) is 14.2. The van der Waals surface area contributed by atoms with Crippen molar-refractivity contribution in [2.75, 3.05) is 13.1 Å². The van der Waals surface area contributed by atoms with E-state index in [1.54, 1.807) is 0 Å². The van der Waals surface area contributed by atoms with Crippen molar-refractivity contribution in [2.45, 2.75) is 51.5 Å². The first kappa shape index (κ1) is 15.4. The summed E-state index contributed by atoms with van der Waals surface area (Å²) in [5.41, 5.74) is 2.33. The second kappa shape index (κ2) is 6.38. The maximum absolute atomic E-state index is 12.6. The minimum absolute atomic E-state index is 0.245. The van der Waals surface area contributed by atoms with Crippen molar-refractivity contribution in [3.63, 3.8) is 0 Å². The van der Waals surface area contributed by atoms with Crippen LogP contribution in [0.1, 0.15) is 48.0 Å². The van der Waals surface area contributed by atoms with E-state index in [0.29, 0.717) is 12.3 Å². The zero-order chi connectivity index (χ0) is 16.5. The van der Waals surface area contributed by atoms with Gasteiger partial charge in [0.05, 0.1) is 6.42 Å². The SMILES string of the molecule is Cc1ccccc1CC(=O)N1CCC(c2nnc3n2CCC3)CC1. The highest BCUT2D eigenvalue weighted by atomic mass is 16.2. The molecular weight excluding hydrogens is 300 g/mol. The molecule has 3 heterocycles. The molecule has 1 fully saturated rings. The normalized spacial score (nSPS) is 18.0. The quantitative estimate of drug-likeness (QED) is 0.871. The lowest BCUT2D eigenvalue weighted by Gasteiger charge is -2.31. The van der Waals surface area contributed by atoms with Crippen molar-refractivity contribution >= 4 is 5.91 Å². The largest absolute Gasteiger partial charge is 0.342 e. The molecule has 0 atom stereocenters. The summed E-state index contributed by atoms with van der Waals surface area (Å²) in [6, 6.07) is 8.15. The molecule has 2 aliphatic rings. The zero-order valence-electron chi connectivity index (χ0n) is 14.2. The summed E-state index contributed by atoms with van der Waals surface area (Å²) in [4.78, 5) is 14.6. The van der Waals surface area contributed by atoms with Crippen LogP contribution in [0.2, 0.25) is 0 Å². The predicted molar refractivity (Wildman–Crippen MR) is 91.8 cm³/mol. The molecule has 2 aliphatic heterocycles. The number of amides is 1. The van der Waals surface area contributed by atoms with Gasteiger partial charge in [-0.05, 0) is 37.3 Å². The number of carbonyl (C=O) groups excluding carboxylic acids is 1. The molecule has 0 saturated carbocycles. The lowest BCUT2D eigenvalue weighted by molar-refractivity contribution is -0.131. The Morgan fingerprint density at radius 3 is 2.75 bits per heavy atom. The van der Waals surface area contributed by atoms with Crippen LogP contribution in [0.15, 0.2) is 24.3 Å². The molecular formula is C19H24N4O. The molecule has 1 amide bonds. The predicted octanol–water partition coefficient (Wildman–Crippen LogP) is 2.48. The van der Waals surface area contributed by atoms with E-state index in [2.05, 4.69) is 33.8 Å². The molecule has 24 heavy (non-hydrogen) atoms. The van der Waals surface area contributed by atoms with E-state index >= 15 is 0 Å². The van der Waals surface area contributed by atoms with Gasteiger partial charge in [0.25, 0.3) is 0 Å². The van der Waals surface area contributed by atoms with Crippen LogP contribution in [-0.4, -0.2) is 38.7 Å². The van der Waals surface area contributed by atoms with Crippen LogP contribution >= 0.6 is 0 Å². The van der Waals surface area contributed by atoms with Gasteiger partial charge in [-0.3, -0.25) is 4.79 Å². The van der Waals surface area contributed by atoms with E-state index in [0.717, 1.165) is 56.1 Å². The summed E-state index contributed by atoms with van der Waals surface area (Å²) in [5, 5.41) is 8.74. The molecule has 0 spiro atoms. The number of benzene rings is 1. The Kier molecular flexibility index (Phi) is 4.08. The molecule has 5 nitrogen and oxygen atoms in total. The molecule has 0 unspecified atom stereocenters. The third-order valence-corrected chi connectivity index (χ3v) is 5.45. The average molecular weight is 324 g/mol. The van der Waals surface area contributed by atoms with Gasteiger partial charge in [-0.25, -0.2) is 0 Å². The number of hydrogen-bond acceptors (Lipinski definition) is 3. The summed E-state index contributed by atoms with van der Waals surface area (Å²) < 4.78 is 2.30. The molecule has 1 aromatic carbocycles. The highest BCUT2D eigenvalue weighted by Gasteiger charge is 2.29. The second-order valence-electron chi connectivity index (χ2n) is 6.99. The van der Waals surface area contributed by atoms with Crippen LogP contribution in [0.5, 0.6) is 0 Å². The van der Waals surface area contributed by atoms with E-state index in [4.69, 9.17) is 0 Å². The fourth-order valence-corrected chi connectivity index (χ4v) is 3.95. The van der Waals surface area contributed by atoms with E-state index in [9.17, 15) is 4.79 Å². The van der Waals surface area contributed by atoms with Crippen LogP contribution in [0.25, 0.3) is 0 Å². The van der Waals surface area contributed by atoms with Crippen molar-refractivity contribution in [1.29, 1.82) is 0 Å². The van der Waals surface area contributed by atoms with Gasteiger partial charge in [0.1, 0.15) is 11.6 Å². The highest BCUT2D eigenvalue weighted by Crippen LogP contribution is 2.29. The van der Waals surface area contributed by atoms with Gasteiger partial charge in [0, 0.05) is 32.0 Å². The molecule has 4 rings (SSSR count). The van der Waals surface area contributed by atoms with Gasteiger partial charge in [0.2, 0.25) is 5.91 Å². The minimum atomic E-state index is 0.245. The Hall–Kier alpha value is -2.17. The molecule has 5 heteroatoms. The first-order valence-electron chi connectivity index (χ1n) is 8.96. The summed E-state index contributed by atoms with van der Waals surface area (Å²) in [7, 11) is 0. The number of aromatic nitrogens is 3. The maximum Gasteiger partial charge on any atom is 0.226 e. The van der Waals surface area contributed by atoms with Crippen molar-refractivity contribution in [3.8, 4) is 0 Å². The summed E-state index contributed by atoms with van der Waals surface area (Å²) in [6.07, 6.45) is 4.75. The Labute approximate surface area is 142 Å². The third-order valence-electron chi connectivity index (χ3n) is 5.45. The van der Waals surface area contributed by atoms with Crippen molar-refractivity contribution in [2.24, 2.45) is 0 Å². The summed E-state index contributed by atoms with van der Waals surface area (Å²) in [6.45, 7) is 4.79. The number of aryl methyl sites for hydroxylation is 2. The summed E-state index contributed by atoms with van der Waals surface area (Å²) >= 11 is 0. The van der Waals surface area contributed by atoms with Gasteiger partial charge in [-0.15, -0.1) is 10.2 Å². The molecule has 126 valence electrons. The molecule has 2 aromatic rings. The Balaban J connectivity index is 1.37. The van der Waals surface area contributed by atoms with Crippen molar-refractivity contribution < 1.29 is 4.79 Å². The first-order valence-corrected chi connectivity index (χ1v) is 8.96. The first-order chi connectivity index (χ1) is 11.7. The Morgan fingerprint density at radius 2 is 1.96 bits per heavy atom. The fourth-order valence-electron chi connectivity index (χ4n) is 3.95. The standard InChI is InChI=1S/C19H24N4O/c1-14-5-2-3-6-16(14)13-18(24)22-11-8-15(9-12-22)19-21-20-17-7-4-10-23(17)19/h2-3,5-6,15H,4,7-13H2,1H3. The lowest BCUT2D eigenvalue weighted by Crippen LogP contribution is -2.39. The van der Waals surface area contributed by atoms with Gasteiger partial charge >= 0.3 is 0 Å². The highest BCUT2D eigenvalue weighted by molar-refractivity contribution is 5.79. The number of carbonyl (C=O) groups is 1. The molecule has 1 aromatic heterocycles. The van der Waals surface area contributed by atoms with Crippen LogP contribution in [0.3, 0.4) is 0 Å². The van der Waals surface area contributed by atoms with Crippen LogP contribution in [0.4, 0.5) is 0 Å². The Bertz CT molecular complexity index is 744. The van der Waals surface area contributed by atoms with E-state index < -0.39 is 0 Å². The summed E-state index contributed by atoms with van der Waals surface area (Å²) in [5.74, 6) is 2.98. The van der Waals surface area contributed by atoms with Crippen LogP contribution < -0.4 is 0 Å². The Morgan fingerprint density at radius 1 is 1.17 bits per heavy atom. The van der Waals surface area contributed by atoms with E-state index in [1.165, 1.54) is 12.0 Å². The van der Waals surface area contributed by atoms with Crippen LogP contribution in [0, 0.1) is 6.92 Å². The van der Waals surface area contributed by atoms with Crippen LogP contribution in [-0.2, 0) is 24.2 Å². The molecule has 0 bridgehead atoms. The number of hydrogen-bond donors (Lipinski definition) is 0. The third kappa shape index (κ3) is 2.83. The van der Waals surface area contributed by atoms with E-state index in [-0.39, 0.29) is 5.91 Å². The molecule has 0 N–H and O–H groups in total. The van der Waals surface area contributed by atoms with E-state index in [1.807, 2.05) is 17.0 Å². The number of nitrogens with zero attached hydrogens (tertiary/aromatic N) is 4. The minimum Gasteiger partial charge on any atom is -0.342 e. The van der Waals surface area contributed by atoms with Crippen molar-refractivity contribution in [3.05, 3.63) is 47.0 Å². The second-order valence-corrected chi connectivity index (χ2v) is 6.99. The van der Waals surface area contributed by atoms with Gasteiger partial charge in [-0.2, -0.15) is 0 Å². The van der Waals surface area contributed by atoms with Gasteiger partial charge in [0.15, 0.2) is 0 Å². The molecule has 0 aliphatic carbocycles. The lowest BCUT2D eigenvalue weighted by atomic mass is 9.95.